The number of hydrogen-bond donors (Lipinski definition) is 3. The van der Waals surface area contributed by atoms with E-state index in [1.807, 2.05) is 36.6 Å². The Labute approximate surface area is 108 Å². The third kappa shape index (κ3) is 3.43. The van der Waals surface area contributed by atoms with Crippen molar-refractivity contribution >= 4 is 40.7 Å². The van der Waals surface area contributed by atoms with Gasteiger partial charge in [0.2, 0.25) is 11.1 Å². The first kappa shape index (κ1) is 11.9. The summed E-state index contributed by atoms with van der Waals surface area (Å²) in [5.41, 5.74) is 0.926. The molecule has 0 amide bonds. The maximum absolute atomic E-state index is 5.15. The van der Waals surface area contributed by atoms with Crippen LogP contribution in [0.1, 0.15) is 0 Å². The largest absolute Gasteiger partial charge is 0.332 e. The van der Waals surface area contributed by atoms with Crippen LogP contribution in [0.5, 0.6) is 0 Å². The molecular formula is C10H11N5S2. The summed E-state index contributed by atoms with van der Waals surface area (Å²) in [6, 6.07) is 9.68. The van der Waals surface area contributed by atoms with Gasteiger partial charge in [0.1, 0.15) is 0 Å². The van der Waals surface area contributed by atoms with E-state index in [1.165, 1.54) is 11.8 Å². The lowest BCUT2D eigenvalue weighted by molar-refractivity contribution is 0.976. The standard InChI is InChI=1S/C10H11N5S2/c1-17-10-13-8(14-15-10)12-9(16)11-7-5-3-2-4-6-7/h2-6H,1H3,(H3,11,12,13,14,15,16). The third-order valence-electron chi connectivity index (χ3n) is 1.91. The van der Waals surface area contributed by atoms with Crippen LogP contribution >= 0.6 is 24.0 Å². The van der Waals surface area contributed by atoms with Gasteiger partial charge in [0.15, 0.2) is 5.11 Å². The third-order valence-corrected chi connectivity index (χ3v) is 2.66. The van der Waals surface area contributed by atoms with Crippen molar-refractivity contribution in [2.75, 3.05) is 16.9 Å². The van der Waals surface area contributed by atoms with Crippen LogP contribution in [0.15, 0.2) is 35.5 Å². The fourth-order valence-corrected chi connectivity index (χ4v) is 1.72. The minimum atomic E-state index is 0.472. The molecule has 1 aromatic carbocycles. The van der Waals surface area contributed by atoms with Gasteiger partial charge in [0.25, 0.3) is 0 Å². The monoisotopic (exact) mass is 265 g/mol. The van der Waals surface area contributed by atoms with Crippen LogP contribution in [0, 0.1) is 0 Å². The molecule has 0 aliphatic carbocycles. The Hall–Kier alpha value is -1.60. The Balaban J connectivity index is 1.93. The first-order chi connectivity index (χ1) is 8.28. The van der Waals surface area contributed by atoms with E-state index in [1.54, 1.807) is 0 Å². The number of aromatic amines is 1. The van der Waals surface area contributed by atoms with E-state index < -0.39 is 0 Å². The molecule has 7 heteroatoms. The average molecular weight is 265 g/mol. The van der Waals surface area contributed by atoms with Crippen LogP contribution in [0.4, 0.5) is 11.6 Å². The second kappa shape index (κ2) is 5.65. The highest BCUT2D eigenvalue weighted by molar-refractivity contribution is 7.98. The van der Waals surface area contributed by atoms with Gasteiger partial charge in [-0.2, -0.15) is 4.98 Å². The number of nitrogens with zero attached hydrogens (tertiary/aromatic N) is 2. The lowest BCUT2D eigenvalue weighted by atomic mass is 10.3. The van der Waals surface area contributed by atoms with Crippen LogP contribution < -0.4 is 10.6 Å². The van der Waals surface area contributed by atoms with E-state index in [0.29, 0.717) is 16.2 Å². The van der Waals surface area contributed by atoms with Crippen molar-refractivity contribution in [1.82, 2.24) is 15.2 Å². The summed E-state index contributed by atoms with van der Waals surface area (Å²) in [7, 11) is 0. The quantitative estimate of drug-likeness (QED) is 0.585. The van der Waals surface area contributed by atoms with Crippen molar-refractivity contribution in [3.63, 3.8) is 0 Å². The highest BCUT2D eigenvalue weighted by Crippen LogP contribution is 2.10. The molecule has 3 N–H and O–H groups in total. The Morgan fingerprint density at radius 1 is 1.29 bits per heavy atom. The van der Waals surface area contributed by atoms with Gasteiger partial charge in [0.05, 0.1) is 0 Å². The topological polar surface area (TPSA) is 65.6 Å². The van der Waals surface area contributed by atoms with E-state index in [-0.39, 0.29) is 0 Å². The maximum atomic E-state index is 5.15. The molecule has 0 saturated heterocycles. The normalized spacial score (nSPS) is 9.94. The minimum Gasteiger partial charge on any atom is -0.332 e. The maximum Gasteiger partial charge on any atom is 0.225 e. The summed E-state index contributed by atoms with van der Waals surface area (Å²) in [5, 5.41) is 13.8. The van der Waals surface area contributed by atoms with Crippen molar-refractivity contribution in [3.8, 4) is 0 Å². The lowest BCUT2D eigenvalue weighted by Gasteiger charge is -2.07. The smallest absolute Gasteiger partial charge is 0.225 e. The highest BCUT2D eigenvalue weighted by Gasteiger charge is 2.03. The fourth-order valence-electron chi connectivity index (χ4n) is 1.18. The van der Waals surface area contributed by atoms with E-state index in [2.05, 4.69) is 25.8 Å². The number of anilines is 2. The second-order valence-electron chi connectivity index (χ2n) is 3.12. The summed E-state index contributed by atoms with van der Waals surface area (Å²) in [6.07, 6.45) is 1.91. The molecule has 5 nitrogen and oxygen atoms in total. The first-order valence-corrected chi connectivity index (χ1v) is 6.50. The van der Waals surface area contributed by atoms with Gasteiger partial charge in [-0.25, -0.2) is 5.10 Å². The minimum absolute atomic E-state index is 0.472. The molecule has 1 heterocycles. The van der Waals surface area contributed by atoms with Crippen molar-refractivity contribution in [3.05, 3.63) is 30.3 Å². The number of hydrogen-bond acceptors (Lipinski definition) is 4. The summed E-state index contributed by atoms with van der Waals surface area (Å²) in [4.78, 5) is 4.17. The van der Waals surface area contributed by atoms with E-state index >= 15 is 0 Å². The molecule has 1 aromatic heterocycles. The fraction of sp³-hybridized carbons (Fsp3) is 0.100. The highest BCUT2D eigenvalue weighted by atomic mass is 32.2. The van der Waals surface area contributed by atoms with Gasteiger partial charge < -0.3 is 10.6 Å². The molecule has 0 radical (unpaired) electrons. The van der Waals surface area contributed by atoms with E-state index in [9.17, 15) is 0 Å². The average Bonchev–Trinajstić information content (AvgIpc) is 2.78. The van der Waals surface area contributed by atoms with Gasteiger partial charge in [-0.1, -0.05) is 30.0 Å². The van der Waals surface area contributed by atoms with E-state index in [0.717, 1.165) is 5.69 Å². The van der Waals surface area contributed by atoms with Gasteiger partial charge in [-0.15, -0.1) is 5.10 Å². The predicted octanol–water partition coefficient (Wildman–Crippen LogP) is 2.34. The molecule has 0 bridgehead atoms. The number of rotatable bonds is 3. The number of thioether (sulfide) groups is 1. The molecule has 0 saturated carbocycles. The van der Waals surface area contributed by atoms with Gasteiger partial charge in [0, 0.05) is 5.69 Å². The summed E-state index contributed by atoms with van der Waals surface area (Å²) in [5.74, 6) is 0.530. The molecule has 0 fully saturated rings. The molecule has 2 aromatic rings. The van der Waals surface area contributed by atoms with Crippen molar-refractivity contribution < 1.29 is 0 Å². The zero-order chi connectivity index (χ0) is 12.1. The number of nitrogens with one attached hydrogen (secondary N) is 3. The van der Waals surface area contributed by atoms with Gasteiger partial charge in [-0.3, -0.25) is 0 Å². The number of H-pyrrole nitrogens is 1. The number of thiocarbonyl (C=S) groups is 1. The molecule has 2 rings (SSSR count). The van der Waals surface area contributed by atoms with Crippen LogP contribution in [0.25, 0.3) is 0 Å². The van der Waals surface area contributed by atoms with Crippen LogP contribution in [0.2, 0.25) is 0 Å². The van der Waals surface area contributed by atoms with Crippen molar-refractivity contribution in [2.24, 2.45) is 0 Å². The lowest BCUT2D eigenvalue weighted by Crippen LogP contribution is -2.19. The molecule has 0 aliphatic heterocycles. The van der Waals surface area contributed by atoms with Crippen molar-refractivity contribution in [1.29, 1.82) is 0 Å². The Bertz CT molecular complexity index is 496. The van der Waals surface area contributed by atoms with Gasteiger partial charge >= 0.3 is 0 Å². The van der Waals surface area contributed by atoms with Gasteiger partial charge in [-0.05, 0) is 30.6 Å². The van der Waals surface area contributed by atoms with Crippen molar-refractivity contribution in [2.45, 2.75) is 5.16 Å². The Morgan fingerprint density at radius 3 is 2.71 bits per heavy atom. The Morgan fingerprint density at radius 2 is 2.06 bits per heavy atom. The molecule has 88 valence electrons. The molecular weight excluding hydrogens is 254 g/mol. The zero-order valence-electron chi connectivity index (χ0n) is 9.10. The zero-order valence-corrected chi connectivity index (χ0v) is 10.7. The molecule has 17 heavy (non-hydrogen) atoms. The molecule has 0 atom stereocenters. The summed E-state index contributed by atoms with van der Waals surface area (Å²) < 4.78 is 0. The Kier molecular flexibility index (Phi) is 3.94. The molecule has 0 spiro atoms. The summed E-state index contributed by atoms with van der Waals surface area (Å²) in [6.45, 7) is 0. The number of para-hydroxylation sites is 1. The molecule has 0 aliphatic rings. The van der Waals surface area contributed by atoms with Crippen LogP contribution in [0.3, 0.4) is 0 Å². The number of aromatic nitrogens is 3. The van der Waals surface area contributed by atoms with Crippen LogP contribution in [-0.2, 0) is 0 Å². The number of benzene rings is 1. The second-order valence-corrected chi connectivity index (χ2v) is 4.30. The van der Waals surface area contributed by atoms with E-state index in [4.69, 9.17) is 12.2 Å². The summed E-state index contributed by atoms with van der Waals surface area (Å²) >= 11 is 6.61. The first-order valence-electron chi connectivity index (χ1n) is 4.87. The van der Waals surface area contributed by atoms with Crippen LogP contribution in [-0.4, -0.2) is 26.5 Å². The predicted molar refractivity (Wildman–Crippen MR) is 74.4 cm³/mol. The molecule has 0 unspecified atom stereocenters. The SMILES string of the molecule is CSc1n[nH]c(NC(=S)Nc2ccccc2)n1.